The molecule has 0 bridgehead atoms. The molecule has 2 N–H and O–H groups in total. The lowest BCUT2D eigenvalue weighted by molar-refractivity contribution is 0.339. The van der Waals surface area contributed by atoms with Gasteiger partial charge in [-0.1, -0.05) is 19.8 Å². The van der Waals surface area contributed by atoms with Gasteiger partial charge in [-0.3, -0.25) is 4.79 Å². The molecule has 2 aliphatic rings. The third-order valence-corrected chi connectivity index (χ3v) is 4.12. The second-order valence-electron chi connectivity index (χ2n) is 5.44. The normalized spacial score (nSPS) is 28.1. The lowest BCUT2D eigenvalue weighted by atomic mass is 9.82. The molecule has 1 aromatic heterocycles. The summed E-state index contributed by atoms with van der Waals surface area (Å²) in [7, 11) is 0. The fourth-order valence-corrected chi connectivity index (χ4v) is 2.92. The zero-order valence-electron chi connectivity index (χ0n) is 10.3. The Hall–Kier alpha value is -1.16. The summed E-state index contributed by atoms with van der Waals surface area (Å²) in [6.07, 6.45) is 4.83. The van der Waals surface area contributed by atoms with Crippen LogP contribution in [0.25, 0.3) is 0 Å². The third-order valence-electron chi connectivity index (χ3n) is 4.12. The van der Waals surface area contributed by atoms with Crippen LogP contribution in [-0.4, -0.2) is 9.97 Å². The Morgan fingerprint density at radius 2 is 1.94 bits per heavy atom. The van der Waals surface area contributed by atoms with Crippen molar-refractivity contribution in [3.8, 4) is 0 Å². The first-order valence-electron chi connectivity index (χ1n) is 6.56. The third kappa shape index (κ3) is 2.02. The minimum atomic E-state index is 0.0635. The smallest absolute Gasteiger partial charge is 0.255 e. The van der Waals surface area contributed by atoms with Crippen LogP contribution in [0, 0.1) is 5.92 Å². The van der Waals surface area contributed by atoms with Crippen LogP contribution in [0.5, 0.6) is 0 Å². The molecule has 0 aromatic carbocycles. The highest BCUT2D eigenvalue weighted by Crippen LogP contribution is 2.33. The molecule has 0 atom stereocenters. The van der Waals surface area contributed by atoms with E-state index in [9.17, 15) is 4.79 Å². The van der Waals surface area contributed by atoms with E-state index < -0.39 is 0 Å². The van der Waals surface area contributed by atoms with E-state index in [4.69, 9.17) is 0 Å². The average Bonchev–Trinajstić information content (AvgIpc) is 2.78. The van der Waals surface area contributed by atoms with Crippen molar-refractivity contribution in [1.82, 2.24) is 15.3 Å². The van der Waals surface area contributed by atoms with E-state index in [1.165, 1.54) is 12.8 Å². The van der Waals surface area contributed by atoms with E-state index in [0.29, 0.717) is 12.5 Å². The molecule has 0 unspecified atom stereocenters. The number of nitrogens with one attached hydrogen (secondary N) is 2. The zero-order valence-corrected chi connectivity index (χ0v) is 10.3. The van der Waals surface area contributed by atoms with Crippen LogP contribution in [0.3, 0.4) is 0 Å². The number of hydrogen-bond acceptors (Lipinski definition) is 3. The molecule has 0 spiro atoms. The summed E-state index contributed by atoms with van der Waals surface area (Å²) < 4.78 is 0. The van der Waals surface area contributed by atoms with E-state index in [1.54, 1.807) is 0 Å². The molecule has 0 saturated heterocycles. The molecular weight excluding hydrogens is 214 g/mol. The average molecular weight is 233 g/mol. The molecule has 3 rings (SSSR count). The molecule has 0 amide bonds. The molecule has 4 heteroatoms. The van der Waals surface area contributed by atoms with Gasteiger partial charge in [0.2, 0.25) is 0 Å². The van der Waals surface area contributed by atoms with Crippen LogP contribution in [0.2, 0.25) is 0 Å². The first-order valence-corrected chi connectivity index (χ1v) is 6.56. The van der Waals surface area contributed by atoms with E-state index in [1.807, 2.05) is 0 Å². The maximum atomic E-state index is 11.9. The number of aromatic amines is 1. The number of hydrogen-bond donors (Lipinski definition) is 2. The van der Waals surface area contributed by atoms with Gasteiger partial charge < -0.3 is 10.3 Å². The highest BCUT2D eigenvalue weighted by Gasteiger charge is 2.24. The number of rotatable bonds is 1. The fourth-order valence-electron chi connectivity index (χ4n) is 2.92. The van der Waals surface area contributed by atoms with E-state index in [0.717, 1.165) is 42.4 Å². The molecule has 1 aliphatic carbocycles. The molecule has 1 saturated carbocycles. The summed E-state index contributed by atoms with van der Waals surface area (Å²) in [6, 6.07) is 0. The lowest BCUT2D eigenvalue weighted by Crippen LogP contribution is -2.21. The summed E-state index contributed by atoms with van der Waals surface area (Å²) in [6.45, 7) is 3.72. The SMILES string of the molecule is CC1CCC(c2nc3c(c(=O)[nH]2)CNC3)CC1. The van der Waals surface area contributed by atoms with Crippen molar-refractivity contribution in [2.24, 2.45) is 5.92 Å². The Bertz CT molecular complexity index is 472. The number of fused-ring (bicyclic) bond motifs is 1. The quantitative estimate of drug-likeness (QED) is 0.775. The Balaban J connectivity index is 1.89. The van der Waals surface area contributed by atoms with Gasteiger partial charge in [0.1, 0.15) is 5.82 Å². The molecular formula is C13H19N3O. The van der Waals surface area contributed by atoms with Gasteiger partial charge in [0.25, 0.3) is 5.56 Å². The van der Waals surface area contributed by atoms with Gasteiger partial charge in [-0.15, -0.1) is 0 Å². The van der Waals surface area contributed by atoms with E-state index in [2.05, 4.69) is 22.2 Å². The monoisotopic (exact) mass is 233 g/mol. The van der Waals surface area contributed by atoms with Crippen molar-refractivity contribution >= 4 is 0 Å². The predicted molar refractivity (Wildman–Crippen MR) is 65.8 cm³/mol. The second kappa shape index (κ2) is 4.26. The van der Waals surface area contributed by atoms with Crippen LogP contribution in [-0.2, 0) is 13.1 Å². The van der Waals surface area contributed by atoms with Gasteiger partial charge >= 0.3 is 0 Å². The summed E-state index contributed by atoms with van der Waals surface area (Å²) >= 11 is 0. The van der Waals surface area contributed by atoms with Crippen LogP contribution >= 0.6 is 0 Å². The minimum Gasteiger partial charge on any atom is -0.310 e. The molecule has 1 aliphatic heterocycles. The van der Waals surface area contributed by atoms with Crippen LogP contribution < -0.4 is 10.9 Å². The van der Waals surface area contributed by atoms with Gasteiger partial charge in [-0.25, -0.2) is 4.98 Å². The molecule has 2 heterocycles. The van der Waals surface area contributed by atoms with Gasteiger partial charge in [-0.2, -0.15) is 0 Å². The number of H-pyrrole nitrogens is 1. The Morgan fingerprint density at radius 3 is 2.71 bits per heavy atom. The fraction of sp³-hybridized carbons (Fsp3) is 0.692. The molecule has 17 heavy (non-hydrogen) atoms. The molecule has 1 aromatic rings. The topological polar surface area (TPSA) is 57.8 Å². The first kappa shape index (κ1) is 11.0. The van der Waals surface area contributed by atoms with E-state index in [-0.39, 0.29) is 5.56 Å². The molecule has 4 nitrogen and oxygen atoms in total. The Kier molecular flexibility index (Phi) is 2.74. The van der Waals surface area contributed by atoms with Gasteiger partial charge in [0.05, 0.1) is 11.3 Å². The first-order chi connectivity index (χ1) is 8.24. The lowest BCUT2D eigenvalue weighted by Gasteiger charge is -2.25. The Labute approximate surface area is 101 Å². The summed E-state index contributed by atoms with van der Waals surface area (Å²) in [5, 5.41) is 3.18. The predicted octanol–water partition coefficient (Wildman–Crippen LogP) is 1.67. The zero-order chi connectivity index (χ0) is 11.8. The van der Waals surface area contributed by atoms with Crippen molar-refractivity contribution in [3.63, 3.8) is 0 Å². The van der Waals surface area contributed by atoms with Crippen molar-refractivity contribution in [3.05, 3.63) is 27.4 Å². The van der Waals surface area contributed by atoms with E-state index >= 15 is 0 Å². The minimum absolute atomic E-state index is 0.0635. The number of nitrogens with zero attached hydrogens (tertiary/aromatic N) is 1. The van der Waals surface area contributed by atoms with Gasteiger partial charge in [-0.05, 0) is 18.8 Å². The highest BCUT2D eigenvalue weighted by molar-refractivity contribution is 5.22. The van der Waals surface area contributed by atoms with Crippen LogP contribution in [0.4, 0.5) is 0 Å². The van der Waals surface area contributed by atoms with Crippen molar-refractivity contribution in [1.29, 1.82) is 0 Å². The maximum absolute atomic E-state index is 11.9. The molecule has 0 radical (unpaired) electrons. The van der Waals surface area contributed by atoms with Crippen molar-refractivity contribution < 1.29 is 0 Å². The maximum Gasteiger partial charge on any atom is 0.255 e. The van der Waals surface area contributed by atoms with Gasteiger partial charge in [0, 0.05) is 19.0 Å². The molecule has 92 valence electrons. The van der Waals surface area contributed by atoms with Gasteiger partial charge in [0.15, 0.2) is 0 Å². The second-order valence-corrected chi connectivity index (χ2v) is 5.44. The van der Waals surface area contributed by atoms with Crippen LogP contribution in [0.1, 0.15) is 55.6 Å². The largest absolute Gasteiger partial charge is 0.310 e. The van der Waals surface area contributed by atoms with Crippen molar-refractivity contribution in [2.75, 3.05) is 0 Å². The summed E-state index contributed by atoms with van der Waals surface area (Å²) in [5.41, 5.74) is 1.86. The standard InChI is InChI=1S/C13H19N3O/c1-8-2-4-9(5-3-8)12-15-11-7-14-6-10(11)13(17)16-12/h8-9,14H,2-7H2,1H3,(H,15,16,17). The molecule has 1 fully saturated rings. The summed E-state index contributed by atoms with van der Waals surface area (Å²) in [5.74, 6) is 2.21. The summed E-state index contributed by atoms with van der Waals surface area (Å²) in [4.78, 5) is 19.5. The Morgan fingerprint density at radius 1 is 1.18 bits per heavy atom. The van der Waals surface area contributed by atoms with Crippen LogP contribution in [0.15, 0.2) is 4.79 Å². The highest BCUT2D eigenvalue weighted by atomic mass is 16.1. The number of aromatic nitrogens is 2. The van der Waals surface area contributed by atoms with Crippen molar-refractivity contribution in [2.45, 2.75) is 51.6 Å².